The van der Waals surface area contributed by atoms with Crippen molar-refractivity contribution in [3.05, 3.63) is 102 Å². The SMILES string of the molecule is Cc1cc(NS(=O)(=O)Cc2ccccc2)c2ccccc2c1Oc1ncccc1-c1ccnc(N)n1. The molecule has 8 nitrogen and oxygen atoms in total. The first-order valence-electron chi connectivity index (χ1n) is 11.2. The maximum Gasteiger partial charge on any atom is 0.236 e. The Morgan fingerprint density at radius 2 is 1.64 bits per heavy atom. The van der Waals surface area contributed by atoms with Gasteiger partial charge in [0.05, 0.1) is 22.7 Å². The maximum atomic E-state index is 13.0. The predicted octanol–water partition coefficient (Wildman–Crippen LogP) is 5.32. The molecule has 0 atom stereocenters. The molecule has 2 aromatic heterocycles. The van der Waals surface area contributed by atoms with Crippen molar-refractivity contribution in [3.63, 3.8) is 0 Å². The Labute approximate surface area is 208 Å². The van der Waals surface area contributed by atoms with E-state index < -0.39 is 10.0 Å². The average Bonchev–Trinajstić information content (AvgIpc) is 2.87. The van der Waals surface area contributed by atoms with Gasteiger partial charge in [-0.25, -0.2) is 23.4 Å². The highest BCUT2D eigenvalue weighted by Crippen LogP contribution is 2.39. The Morgan fingerprint density at radius 3 is 2.42 bits per heavy atom. The lowest BCUT2D eigenvalue weighted by Crippen LogP contribution is -2.15. The Morgan fingerprint density at radius 1 is 0.889 bits per heavy atom. The summed E-state index contributed by atoms with van der Waals surface area (Å²) in [4.78, 5) is 12.7. The molecule has 9 heteroatoms. The van der Waals surface area contributed by atoms with Crippen LogP contribution in [0.1, 0.15) is 11.1 Å². The average molecular weight is 498 g/mol. The first-order valence-corrected chi connectivity index (χ1v) is 12.8. The molecule has 5 aromatic rings. The molecule has 5 rings (SSSR count). The van der Waals surface area contributed by atoms with Gasteiger partial charge in [-0.2, -0.15) is 0 Å². The lowest BCUT2D eigenvalue weighted by molar-refractivity contribution is 0.467. The van der Waals surface area contributed by atoms with E-state index in [4.69, 9.17) is 10.5 Å². The van der Waals surface area contributed by atoms with Gasteiger partial charge in [0.15, 0.2) is 0 Å². The molecule has 180 valence electrons. The van der Waals surface area contributed by atoms with Crippen LogP contribution in [0.3, 0.4) is 0 Å². The third-order valence-electron chi connectivity index (χ3n) is 5.57. The summed E-state index contributed by atoms with van der Waals surface area (Å²) in [5, 5.41) is 1.45. The molecular weight excluding hydrogens is 474 g/mol. The maximum absolute atomic E-state index is 13.0. The standard InChI is InChI=1S/C27H23N5O3S/c1-18-16-24(32-36(33,34)17-19-8-3-2-4-9-19)20-10-5-6-11-21(20)25(18)35-26-22(12-7-14-29-26)23-13-15-30-27(28)31-23/h2-16,32H,17H2,1H3,(H2,28,30,31). The number of benzene rings is 3. The van der Waals surface area contributed by atoms with E-state index in [1.807, 2.05) is 55.5 Å². The van der Waals surface area contributed by atoms with Gasteiger partial charge in [-0.15, -0.1) is 0 Å². The zero-order valence-corrected chi connectivity index (χ0v) is 20.2. The van der Waals surface area contributed by atoms with Crippen molar-refractivity contribution >= 4 is 32.4 Å². The second-order valence-electron chi connectivity index (χ2n) is 8.22. The number of anilines is 2. The number of pyridine rings is 1. The van der Waals surface area contributed by atoms with Crippen LogP contribution in [0.15, 0.2) is 91.3 Å². The minimum Gasteiger partial charge on any atom is -0.437 e. The number of nitrogens with two attached hydrogens (primary N) is 1. The van der Waals surface area contributed by atoms with E-state index in [1.165, 1.54) is 0 Å². The van der Waals surface area contributed by atoms with Crippen LogP contribution in [-0.4, -0.2) is 23.4 Å². The molecule has 0 aliphatic heterocycles. The molecule has 0 aliphatic rings. The van der Waals surface area contributed by atoms with Gasteiger partial charge in [0.2, 0.25) is 21.9 Å². The van der Waals surface area contributed by atoms with Crippen LogP contribution in [0, 0.1) is 6.92 Å². The van der Waals surface area contributed by atoms with E-state index in [2.05, 4.69) is 19.7 Å². The summed E-state index contributed by atoms with van der Waals surface area (Å²) in [6.07, 6.45) is 3.21. The molecule has 0 saturated carbocycles. The van der Waals surface area contributed by atoms with Gasteiger partial charge < -0.3 is 10.5 Å². The Bertz CT molecular complexity index is 1660. The number of nitrogens with one attached hydrogen (secondary N) is 1. The van der Waals surface area contributed by atoms with Crippen molar-refractivity contribution in [2.24, 2.45) is 0 Å². The van der Waals surface area contributed by atoms with Crippen LogP contribution in [0.2, 0.25) is 0 Å². The fraction of sp³-hybridized carbons (Fsp3) is 0.0741. The number of aromatic nitrogens is 3. The fourth-order valence-electron chi connectivity index (χ4n) is 3.99. The Balaban J connectivity index is 1.54. The molecule has 0 bridgehead atoms. The zero-order valence-electron chi connectivity index (χ0n) is 19.4. The number of rotatable bonds is 7. The summed E-state index contributed by atoms with van der Waals surface area (Å²) >= 11 is 0. The highest BCUT2D eigenvalue weighted by atomic mass is 32.2. The Kier molecular flexibility index (Phi) is 6.22. The number of ether oxygens (including phenoxy) is 1. The van der Waals surface area contributed by atoms with Gasteiger partial charge in [0.1, 0.15) is 5.75 Å². The summed E-state index contributed by atoms with van der Waals surface area (Å²) in [5.41, 5.74) is 8.94. The largest absolute Gasteiger partial charge is 0.437 e. The highest BCUT2D eigenvalue weighted by molar-refractivity contribution is 7.91. The number of hydrogen-bond donors (Lipinski definition) is 2. The van der Waals surface area contributed by atoms with Gasteiger partial charge in [-0.05, 0) is 42.3 Å². The van der Waals surface area contributed by atoms with Crippen molar-refractivity contribution < 1.29 is 13.2 Å². The lowest BCUT2D eigenvalue weighted by atomic mass is 10.0. The molecular formula is C27H23N5O3S. The van der Waals surface area contributed by atoms with Gasteiger partial charge in [-0.1, -0.05) is 54.6 Å². The normalized spacial score (nSPS) is 11.4. The van der Waals surface area contributed by atoms with Crippen molar-refractivity contribution in [3.8, 4) is 22.9 Å². The van der Waals surface area contributed by atoms with Crippen molar-refractivity contribution in [1.82, 2.24) is 15.0 Å². The van der Waals surface area contributed by atoms with E-state index in [0.29, 0.717) is 39.5 Å². The smallest absolute Gasteiger partial charge is 0.236 e. The van der Waals surface area contributed by atoms with Gasteiger partial charge in [-0.3, -0.25) is 4.72 Å². The fourth-order valence-corrected chi connectivity index (χ4v) is 5.20. The number of sulfonamides is 1. The number of aryl methyl sites for hydroxylation is 1. The third-order valence-corrected chi connectivity index (χ3v) is 6.81. The summed E-state index contributed by atoms with van der Waals surface area (Å²) < 4.78 is 35.0. The summed E-state index contributed by atoms with van der Waals surface area (Å²) in [6.45, 7) is 1.86. The second kappa shape index (κ2) is 9.63. The van der Waals surface area contributed by atoms with Gasteiger partial charge >= 0.3 is 0 Å². The molecule has 0 saturated heterocycles. The van der Waals surface area contributed by atoms with Gasteiger partial charge in [0.25, 0.3) is 0 Å². The highest BCUT2D eigenvalue weighted by Gasteiger charge is 2.19. The van der Waals surface area contributed by atoms with E-state index in [9.17, 15) is 8.42 Å². The van der Waals surface area contributed by atoms with E-state index >= 15 is 0 Å². The molecule has 3 N–H and O–H groups in total. The van der Waals surface area contributed by atoms with Crippen molar-refractivity contribution in [2.75, 3.05) is 10.5 Å². The van der Waals surface area contributed by atoms with E-state index in [1.54, 1.807) is 42.7 Å². The number of nitrogen functional groups attached to an aromatic ring is 1. The first-order chi connectivity index (χ1) is 17.4. The van der Waals surface area contributed by atoms with Crippen LogP contribution in [-0.2, 0) is 15.8 Å². The second-order valence-corrected chi connectivity index (χ2v) is 9.94. The van der Waals surface area contributed by atoms with Crippen LogP contribution < -0.4 is 15.2 Å². The summed E-state index contributed by atoms with van der Waals surface area (Å²) in [5.74, 6) is 0.940. The van der Waals surface area contributed by atoms with Crippen molar-refractivity contribution in [2.45, 2.75) is 12.7 Å². The molecule has 0 radical (unpaired) electrons. The zero-order chi connectivity index (χ0) is 25.1. The monoisotopic (exact) mass is 497 g/mol. The van der Waals surface area contributed by atoms with Gasteiger partial charge in [0, 0.05) is 23.2 Å². The summed E-state index contributed by atoms with van der Waals surface area (Å²) in [7, 11) is -3.64. The van der Waals surface area contributed by atoms with Crippen LogP contribution in [0.4, 0.5) is 11.6 Å². The lowest BCUT2D eigenvalue weighted by Gasteiger charge is -2.17. The minimum absolute atomic E-state index is 0.126. The quantitative estimate of drug-likeness (QED) is 0.312. The number of nitrogens with zero attached hydrogens (tertiary/aromatic N) is 3. The molecule has 0 fully saturated rings. The molecule has 0 spiro atoms. The topological polar surface area (TPSA) is 120 Å². The first kappa shape index (κ1) is 23.3. The molecule has 2 heterocycles. The molecule has 3 aromatic carbocycles. The summed E-state index contributed by atoms with van der Waals surface area (Å²) in [6, 6.07) is 23.7. The van der Waals surface area contributed by atoms with E-state index in [-0.39, 0.29) is 11.7 Å². The van der Waals surface area contributed by atoms with Crippen LogP contribution >= 0.6 is 0 Å². The molecule has 36 heavy (non-hydrogen) atoms. The van der Waals surface area contributed by atoms with Crippen LogP contribution in [0.25, 0.3) is 22.0 Å². The third kappa shape index (κ3) is 4.96. The van der Waals surface area contributed by atoms with Crippen molar-refractivity contribution in [1.29, 1.82) is 0 Å². The minimum atomic E-state index is -3.64. The van der Waals surface area contributed by atoms with Crippen LogP contribution in [0.5, 0.6) is 11.6 Å². The molecule has 0 aliphatic carbocycles. The van der Waals surface area contributed by atoms with E-state index in [0.717, 1.165) is 10.9 Å². The molecule has 0 unspecified atom stereocenters. The predicted molar refractivity (Wildman–Crippen MR) is 141 cm³/mol. The molecule has 0 amide bonds. The number of fused-ring (bicyclic) bond motifs is 1. The Hall–Kier alpha value is -4.50. The number of hydrogen-bond acceptors (Lipinski definition) is 7.